The van der Waals surface area contributed by atoms with Gasteiger partial charge in [0.2, 0.25) is 0 Å². The summed E-state index contributed by atoms with van der Waals surface area (Å²) in [6.45, 7) is 14.2. The van der Waals surface area contributed by atoms with Crippen LogP contribution in [-0.4, -0.2) is 15.0 Å². The van der Waals surface area contributed by atoms with Crippen LogP contribution in [0.1, 0.15) is 48.5 Å². The summed E-state index contributed by atoms with van der Waals surface area (Å²) in [5.74, 6) is 0. The molecular weight excluding hydrogens is 162 g/mol. The van der Waals surface area contributed by atoms with E-state index in [1.807, 2.05) is 27.7 Å². The van der Waals surface area contributed by atoms with Crippen molar-refractivity contribution in [3.63, 3.8) is 0 Å². The summed E-state index contributed by atoms with van der Waals surface area (Å²) in [7, 11) is 0. The molecule has 0 saturated carbocycles. The summed E-state index contributed by atoms with van der Waals surface area (Å²) >= 11 is 0. The fraction of sp³-hybridized carbons (Fsp3) is 0.800. The normalized spacial score (nSPS) is 9.15. The maximum Gasteiger partial charge on any atom is 0.0740 e. The number of hydrogen-bond acceptors (Lipinski definition) is 2. The predicted octanol–water partition coefficient (Wildman–Crippen LogP) is 3.09. The molecular formula is C10H23N3. The molecule has 0 aliphatic carbocycles. The van der Waals surface area contributed by atoms with Crippen molar-refractivity contribution in [2.75, 3.05) is 0 Å². The molecule has 78 valence electrons. The highest BCUT2D eigenvalue weighted by Gasteiger charge is 2.12. The Kier molecular flexibility index (Phi) is 8.76. The molecule has 0 amide bonds. The number of hydrogen-bond donors (Lipinski definition) is 0. The highest BCUT2D eigenvalue weighted by molar-refractivity contribution is 4.69. The molecule has 0 unspecified atom stereocenters. The maximum absolute atomic E-state index is 3.99. The van der Waals surface area contributed by atoms with Crippen molar-refractivity contribution < 1.29 is 0 Å². The second-order valence-electron chi connectivity index (χ2n) is 2.99. The van der Waals surface area contributed by atoms with E-state index in [-0.39, 0.29) is 5.54 Å². The fourth-order valence-electron chi connectivity index (χ4n) is 0.562. The molecule has 1 aromatic heterocycles. The van der Waals surface area contributed by atoms with E-state index in [9.17, 15) is 0 Å². The summed E-state index contributed by atoms with van der Waals surface area (Å²) in [5, 5.41) is 7.99. The van der Waals surface area contributed by atoms with Crippen molar-refractivity contribution in [3.8, 4) is 0 Å². The van der Waals surface area contributed by atoms with Crippen molar-refractivity contribution in [3.05, 3.63) is 12.4 Å². The van der Waals surface area contributed by atoms with Crippen molar-refractivity contribution in [1.82, 2.24) is 15.0 Å². The Balaban J connectivity index is 0. The zero-order chi connectivity index (χ0) is 10.9. The van der Waals surface area contributed by atoms with Crippen LogP contribution in [-0.2, 0) is 5.54 Å². The highest BCUT2D eigenvalue weighted by Crippen LogP contribution is 2.07. The van der Waals surface area contributed by atoms with E-state index in [4.69, 9.17) is 0 Å². The first-order valence-electron chi connectivity index (χ1n) is 4.97. The molecule has 0 spiro atoms. The van der Waals surface area contributed by atoms with Crippen molar-refractivity contribution in [2.45, 2.75) is 54.0 Å². The maximum atomic E-state index is 3.99. The molecule has 0 aliphatic rings. The van der Waals surface area contributed by atoms with Crippen LogP contribution in [0.3, 0.4) is 0 Å². The Morgan fingerprint density at radius 1 is 0.846 bits per heavy atom. The third-order valence-corrected chi connectivity index (χ3v) is 1.02. The molecule has 0 radical (unpaired) electrons. The van der Waals surface area contributed by atoms with Crippen LogP contribution in [0.5, 0.6) is 0 Å². The minimum absolute atomic E-state index is 0.0174. The Bertz CT molecular complexity index is 173. The van der Waals surface area contributed by atoms with Crippen molar-refractivity contribution >= 4 is 0 Å². The van der Waals surface area contributed by atoms with E-state index in [0.717, 1.165) is 0 Å². The van der Waals surface area contributed by atoms with Gasteiger partial charge in [-0.3, -0.25) is 0 Å². The average molecular weight is 185 g/mol. The van der Waals surface area contributed by atoms with Crippen LogP contribution in [0.25, 0.3) is 0 Å². The molecule has 0 atom stereocenters. The van der Waals surface area contributed by atoms with Gasteiger partial charge in [-0.05, 0) is 20.8 Å². The lowest BCUT2D eigenvalue weighted by atomic mass is 10.1. The monoisotopic (exact) mass is 185 g/mol. The molecule has 1 rings (SSSR count). The lowest BCUT2D eigenvalue weighted by Gasteiger charge is -2.16. The lowest BCUT2D eigenvalue weighted by Crippen LogP contribution is -2.24. The summed E-state index contributed by atoms with van der Waals surface area (Å²) < 4.78 is 0. The minimum Gasteiger partial charge on any atom is -0.180 e. The number of nitrogens with zero attached hydrogens (tertiary/aromatic N) is 3. The van der Waals surface area contributed by atoms with Crippen LogP contribution < -0.4 is 0 Å². The van der Waals surface area contributed by atoms with Crippen LogP contribution >= 0.6 is 0 Å². The molecule has 1 aromatic rings. The van der Waals surface area contributed by atoms with E-state index in [1.54, 1.807) is 17.2 Å². The zero-order valence-corrected chi connectivity index (χ0v) is 10.00. The quantitative estimate of drug-likeness (QED) is 0.622. The largest absolute Gasteiger partial charge is 0.180 e. The van der Waals surface area contributed by atoms with E-state index >= 15 is 0 Å². The van der Waals surface area contributed by atoms with E-state index in [0.29, 0.717) is 0 Å². The van der Waals surface area contributed by atoms with Gasteiger partial charge in [0.05, 0.1) is 17.9 Å². The summed E-state index contributed by atoms with van der Waals surface area (Å²) in [4.78, 5) is 1.69. The van der Waals surface area contributed by atoms with Gasteiger partial charge in [0.15, 0.2) is 0 Å². The summed E-state index contributed by atoms with van der Waals surface area (Å²) in [6, 6.07) is 0. The third-order valence-electron chi connectivity index (χ3n) is 1.02. The molecule has 0 fully saturated rings. The summed E-state index contributed by atoms with van der Waals surface area (Å²) in [6.07, 6.45) is 3.37. The fourth-order valence-corrected chi connectivity index (χ4v) is 0.562. The Morgan fingerprint density at radius 2 is 1.15 bits per heavy atom. The minimum atomic E-state index is 0.0174. The standard InChI is InChI=1S/C6H11N3.2C2H6/c1-6(2,3)9-7-4-5-8-9;2*1-2/h4-5H,1-3H3;2*1-2H3. The van der Waals surface area contributed by atoms with Gasteiger partial charge in [-0.2, -0.15) is 15.0 Å². The second-order valence-corrected chi connectivity index (χ2v) is 2.99. The topological polar surface area (TPSA) is 30.7 Å². The second kappa shape index (κ2) is 7.77. The molecule has 3 nitrogen and oxygen atoms in total. The Morgan fingerprint density at radius 3 is 1.31 bits per heavy atom. The van der Waals surface area contributed by atoms with Crippen LogP contribution in [0.4, 0.5) is 0 Å². The van der Waals surface area contributed by atoms with Gasteiger partial charge >= 0.3 is 0 Å². The third kappa shape index (κ3) is 6.31. The Hall–Kier alpha value is -0.860. The first kappa shape index (κ1) is 14.7. The van der Waals surface area contributed by atoms with E-state index in [1.165, 1.54) is 0 Å². The molecule has 0 aliphatic heterocycles. The first-order valence-corrected chi connectivity index (χ1v) is 4.97. The molecule has 0 N–H and O–H groups in total. The van der Waals surface area contributed by atoms with Crippen molar-refractivity contribution in [2.24, 2.45) is 0 Å². The van der Waals surface area contributed by atoms with Gasteiger partial charge in [0, 0.05) is 0 Å². The molecule has 3 heteroatoms. The summed E-state index contributed by atoms with van der Waals surface area (Å²) in [5.41, 5.74) is 0.0174. The van der Waals surface area contributed by atoms with Gasteiger partial charge in [0.1, 0.15) is 0 Å². The highest BCUT2D eigenvalue weighted by atomic mass is 15.5. The van der Waals surface area contributed by atoms with E-state index in [2.05, 4.69) is 31.0 Å². The SMILES string of the molecule is CC.CC.CC(C)(C)n1nccn1. The number of aromatic nitrogens is 3. The van der Waals surface area contributed by atoms with Gasteiger partial charge < -0.3 is 0 Å². The molecule has 0 saturated heterocycles. The van der Waals surface area contributed by atoms with Crippen molar-refractivity contribution in [1.29, 1.82) is 0 Å². The van der Waals surface area contributed by atoms with E-state index < -0.39 is 0 Å². The van der Waals surface area contributed by atoms with Gasteiger partial charge in [-0.15, -0.1) is 0 Å². The zero-order valence-electron chi connectivity index (χ0n) is 10.00. The lowest BCUT2D eigenvalue weighted by molar-refractivity contribution is 0.312. The predicted molar refractivity (Wildman–Crippen MR) is 57.7 cm³/mol. The molecule has 1 heterocycles. The smallest absolute Gasteiger partial charge is 0.0740 e. The number of rotatable bonds is 0. The van der Waals surface area contributed by atoms with Crippen LogP contribution in [0.2, 0.25) is 0 Å². The van der Waals surface area contributed by atoms with Crippen LogP contribution in [0.15, 0.2) is 12.4 Å². The van der Waals surface area contributed by atoms with Gasteiger partial charge in [0.25, 0.3) is 0 Å². The van der Waals surface area contributed by atoms with Gasteiger partial charge in [-0.1, -0.05) is 27.7 Å². The molecule has 0 bridgehead atoms. The van der Waals surface area contributed by atoms with Crippen LogP contribution in [0, 0.1) is 0 Å². The molecule has 0 aromatic carbocycles. The first-order chi connectivity index (χ1) is 6.11. The Labute approximate surface area is 82.2 Å². The average Bonchev–Trinajstić information content (AvgIpc) is 2.63. The molecule has 13 heavy (non-hydrogen) atoms. The van der Waals surface area contributed by atoms with Gasteiger partial charge in [-0.25, -0.2) is 0 Å².